The summed E-state index contributed by atoms with van der Waals surface area (Å²) in [4.78, 5) is 27.3. The molecule has 0 aliphatic carbocycles. The minimum atomic E-state index is -0.210. The third kappa shape index (κ3) is 8.08. The number of rotatable bonds is 13. The number of benzene rings is 2. The van der Waals surface area contributed by atoms with Crippen LogP contribution >= 0.6 is 0 Å². The molecule has 0 heterocycles. The van der Waals surface area contributed by atoms with E-state index in [1.54, 1.807) is 36.4 Å². The van der Waals surface area contributed by atoms with Gasteiger partial charge in [-0.25, -0.2) is 0 Å². The molecule has 0 radical (unpaired) electrons. The first-order valence-electron chi connectivity index (χ1n) is 11.5. The summed E-state index contributed by atoms with van der Waals surface area (Å²) in [7, 11) is 0. The van der Waals surface area contributed by atoms with Crippen LogP contribution in [0, 0.1) is 0 Å². The smallest absolute Gasteiger partial charge is 0.255 e. The monoisotopic (exact) mass is 424 g/mol. The lowest BCUT2D eigenvalue weighted by Gasteiger charge is -2.21. The molecule has 0 bridgehead atoms. The van der Waals surface area contributed by atoms with E-state index in [1.165, 1.54) is 19.3 Å². The third-order valence-corrected chi connectivity index (χ3v) is 5.02. The van der Waals surface area contributed by atoms with Crippen LogP contribution in [0.5, 0.6) is 5.75 Å². The van der Waals surface area contributed by atoms with Gasteiger partial charge in [-0.05, 0) is 61.7 Å². The minimum absolute atomic E-state index is 0.000220. The second-order valence-electron chi connectivity index (χ2n) is 7.76. The molecule has 0 fully saturated rings. The lowest BCUT2D eigenvalue weighted by Crippen LogP contribution is -2.32. The van der Waals surface area contributed by atoms with Crippen LogP contribution in [0.25, 0.3) is 0 Å². The van der Waals surface area contributed by atoms with Gasteiger partial charge >= 0.3 is 0 Å². The quantitative estimate of drug-likeness (QED) is 0.392. The van der Waals surface area contributed by atoms with Crippen molar-refractivity contribution in [3.63, 3.8) is 0 Å². The van der Waals surface area contributed by atoms with E-state index < -0.39 is 0 Å². The molecule has 0 aromatic heterocycles. The van der Waals surface area contributed by atoms with Crippen molar-refractivity contribution in [2.24, 2.45) is 0 Å². The highest BCUT2D eigenvalue weighted by molar-refractivity contribution is 6.05. The highest BCUT2D eigenvalue weighted by Crippen LogP contribution is 2.17. The summed E-state index contributed by atoms with van der Waals surface area (Å²) >= 11 is 0. The first kappa shape index (κ1) is 24.4. The molecule has 2 rings (SSSR count). The second kappa shape index (κ2) is 13.5. The minimum Gasteiger partial charge on any atom is -0.494 e. The zero-order valence-corrected chi connectivity index (χ0v) is 19.2. The van der Waals surface area contributed by atoms with E-state index in [0.29, 0.717) is 23.4 Å². The highest BCUT2D eigenvalue weighted by Gasteiger charge is 2.15. The number of nitrogens with one attached hydrogen (secondary N) is 1. The van der Waals surface area contributed by atoms with Crippen molar-refractivity contribution in [1.29, 1.82) is 0 Å². The number of hydrogen-bond donors (Lipinski definition) is 1. The summed E-state index contributed by atoms with van der Waals surface area (Å²) in [6.07, 6.45) is 6.48. The fraction of sp³-hybridized carbons (Fsp3) is 0.462. The zero-order chi connectivity index (χ0) is 22.5. The predicted octanol–water partition coefficient (Wildman–Crippen LogP) is 6.16. The summed E-state index contributed by atoms with van der Waals surface area (Å²) < 4.78 is 5.74. The molecule has 5 heteroatoms. The Morgan fingerprint density at radius 3 is 2.19 bits per heavy atom. The Hall–Kier alpha value is -2.82. The predicted molar refractivity (Wildman–Crippen MR) is 127 cm³/mol. The molecule has 0 saturated heterocycles. The van der Waals surface area contributed by atoms with Crippen LogP contribution in [0.1, 0.15) is 80.0 Å². The number of amides is 2. The average molecular weight is 425 g/mol. The maximum absolute atomic E-state index is 12.8. The summed E-state index contributed by atoms with van der Waals surface area (Å²) in [5.74, 6) is 0.561. The summed E-state index contributed by atoms with van der Waals surface area (Å²) in [5, 5.41) is 2.89. The fourth-order valence-corrected chi connectivity index (χ4v) is 3.39. The number of ether oxygens (including phenoxy) is 1. The lowest BCUT2D eigenvalue weighted by molar-refractivity contribution is 0.0755. The molecule has 0 aliphatic rings. The third-order valence-electron chi connectivity index (χ3n) is 5.02. The van der Waals surface area contributed by atoms with Gasteiger partial charge < -0.3 is 15.0 Å². The number of hydrogen-bond acceptors (Lipinski definition) is 3. The number of nitrogens with zero attached hydrogens (tertiary/aromatic N) is 1. The van der Waals surface area contributed by atoms with Crippen molar-refractivity contribution in [2.75, 3.05) is 25.0 Å². The van der Waals surface area contributed by atoms with E-state index in [9.17, 15) is 9.59 Å². The molecule has 31 heavy (non-hydrogen) atoms. The van der Waals surface area contributed by atoms with Gasteiger partial charge in [0.1, 0.15) is 5.75 Å². The van der Waals surface area contributed by atoms with Crippen molar-refractivity contribution < 1.29 is 14.3 Å². The van der Waals surface area contributed by atoms with Crippen LogP contribution in [0.15, 0.2) is 48.5 Å². The molecule has 5 nitrogen and oxygen atoms in total. The Labute approximate surface area is 186 Å². The maximum Gasteiger partial charge on any atom is 0.255 e. The molecule has 2 amide bonds. The molecule has 2 aromatic rings. The van der Waals surface area contributed by atoms with Crippen LogP contribution in [-0.4, -0.2) is 36.4 Å². The van der Waals surface area contributed by atoms with Gasteiger partial charge in [0.25, 0.3) is 11.8 Å². The van der Waals surface area contributed by atoms with E-state index >= 15 is 0 Å². The molecule has 2 aromatic carbocycles. The van der Waals surface area contributed by atoms with E-state index in [2.05, 4.69) is 26.1 Å². The van der Waals surface area contributed by atoms with E-state index in [4.69, 9.17) is 4.74 Å². The molecular weight excluding hydrogens is 388 g/mol. The van der Waals surface area contributed by atoms with Gasteiger partial charge in [-0.3, -0.25) is 9.59 Å². The number of anilines is 1. The Kier molecular flexibility index (Phi) is 10.6. The van der Waals surface area contributed by atoms with Crippen molar-refractivity contribution in [3.05, 3.63) is 59.7 Å². The molecule has 168 valence electrons. The lowest BCUT2D eigenvalue weighted by atomic mass is 10.1. The van der Waals surface area contributed by atoms with E-state index in [0.717, 1.165) is 38.1 Å². The van der Waals surface area contributed by atoms with Crippen molar-refractivity contribution >= 4 is 17.5 Å². The molecule has 0 aliphatic heterocycles. The number of unbranched alkanes of at least 4 members (excludes halogenated alkanes) is 3. The van der Waals surface area contributed by atoms with Gasteiger partial charge in [-0.2, -0.15) is 0 Å². The maximum atomic E-state index is 12.8. The van der Waals surface area contributed by atoms with Crippen LogP contribution < -0.4 is 10.1 Å². The van der Waals surface area contributed by atoms with Crippen LogP contribution in [0.3, 0.4) is 0 Å². The van der Waals surface area contributed by atoms with E-state index in [-0.39, 0.29) is 11.8 Å². The first-order chi connectivity index (χ1) is 15.1. The standard InChI is InChI=1S/C26H36N2O3/c1-4-7-8-9-19-31-24-15-13-21(14-16-24)25(29)27-23-12-10-11-22(20-23)26(30)28(17-5-2)18-6-3/h10-16,20H,4-9,17-19H2,1-3H3,(H,27,29). The van der Waals surface area contributed by atoms with Gasteiger partial charge in [0, 0.05) is 29.9 Å². The van der Waals surface area contributed by atoms with Crippen LogP contribution in [0.2, 0.25) is 0 Å². The Morgan fingerprint density at radius 2 is 1.55 bits per heavy atom. The molecular formula is C26H36N2O3. The highest BCUT2D eigenvalue weighted by atomic mass is 16.5. The Morgan fingerprint density at radius 1 is 0.839 bits per heavy atom. The topological polar surface area (TPSA) is 58.6 Å². The summed E-state index contributed by atoms with van der Waals surface area (Å²) in [6, 6.07) is 14.3. The normalized spacial score (nSPS) is 10.5. The van der Waals surface area contributed by atoms with Gasteiger partial charge in [0.15, 0.2) is 0 Å². The summed E-state index contributed by atoms with van der Waals surface area (Å²) in [6.45, 7) is 8.48. The van der Waals surface area contributed by atoms with Crippen molar-refractivity contribution in [3.8, 4) is 5.75 Å². The van der Waals surface area contributed by atoms with Crippen LogP contribution in [-0.2, 0) is 0 Å². The Balaban J connectivity index is 1.96. The molecule has 0 spiro atoms. The average Bonchev–Trinajstić information content (AvgIpc) is 2.79. The molecule has 1 N–H and O–H groups in total. The zero-order valence-electron chi connectivity index (χ0n) is 19.2. The van der Waals surface area contributed by atoms with Crippen molar-refractivity contribution in [2.45, 2.75) is 59.3 Å². The molecule has 0 atom stereocenters. The Bertz CT molecular complexity index is 812. The van der Waals surface area contributed by atoms with Gasteiger partial charge in [0.2, 0.25) is 0 Å². The first-order valence-corrected chi connectivity index (χ1v) is 11.5. The van der Waals surface area contributed by atoms with Gasteiger partial charge in [-0.15, -0.1) is 0 Å². The van der Waals surface area contributed by atoms with Gasteiger partial charge in [0.05, 0.1) is 6.61 Å². The summed E-state index contributed by atoms with van der Waals surface area (Å²) in [5.41, 5.74) is 1.75. The number of carbonyl (C=O) groups excluding carboxylic acids is 2. The van der Waals surface area contributed by atoms with E-state index in [1.807, 2.05) is 17.0 Å². The molecule has 0 unspecified atom stereocenters. The molecule has 0 saturated carbocycles. The second-order valence-corrected chi connectivity index (χ2v) is 7.76. The largest absolute Gasteiger partial charge is 0.494 e. The number of carbonyl (C=O) groups is 2. The van der Waals surface area contributed by atoms with Crippen LogP contribution in [0.4, 0.5) is 5.69 Å². The SMILES string of the molecule is CCCCCCOc1ccc(C(=O)Nc2cccc(C(=O)N(CCC)CCC)c2)cc1. The fourth-order valence-electron chi connectivity index (χ4n) is 3.39. The van der Waals surface area contributed by atoms with Gasteiger partial charge in [-0.1, -0.05) is 46.1 Å². The van der Waals surface area contributed by atoms with Crippen molar-refractivity contribution in [1.82, 2.24) is 4.90 Å².